The van der Waals surface area contributed by atoms with Crippen molar-refractivity contribution in [3.63, 3.8) is 0 Å². The molecular weight excluding hydrogens is 348 g/mol. The van der Waals surface area contributed by atoms with Crippen molar-refractivity contribution in [3.8, 4) is 5.75 Å². The highest BCUT2D eigenvalue weighted by Crippen LogP contribution is 2.24. The number of methoxy groups -OCH3 is 1. The van der Waals surface area contributed by atoms with Gasteiger partial charge in [0.25, 0.3) is 5.56 Å². The molecule has 0 amide bonds. The van der Waals surface area contributed by atoms with E-state index in [2.05, 4.69) is 4.98 Å². The third-order valence-electron chi connectivity index (χ3n) is 4.18. The molecule has 0 saturated carbocycles. The number of hydrogen-bond acceptors (Lipinski definition) is 5. The van der Waals surface area contributed by atoms with Crippen molar-refractivity contribution < 1.29 is 9.53 Å². The number of hydrogen-bond donors (Lipinski definition) is 0. The van der Waals surface area contributed by atoms with Crippen molar-refractivity contribution in [1.82, 2.24) is 9.55 Å². The molecule has 3 rings (SSSR count). The Morgan fingerprint density at radius 1 is 1.19 bits per heavy atom. The minimum absolute atomic E-state index is 0.0494. The fraction of sp³-hybridized carbons (Fsp3) is 0.250. The highest BCUT2D eigenvalue weighted by molar-refractivity contribution is 8.00. The summed E-state index contributed by atoms with van der Waals surface area (Å²) < 4.78 is 6.81. The molecule has 2 aromatic carbocycles. The summed E-state index contributed by atoms with van der Waals surface area (Å²) in [6, 6.07) is 14.8. The summed E-state index contributed by atoms with van der Waals surface area (Å²) in [5.41, 5.74) is 1.49. The van der Waals surface area contributed by atoms with Crippen molar-refractivity contribution in [3.05, 3.63) is 64.4 Å². The topological polar surface area (TPSA) is 61.2 Å². The van der Waals surface area contributed by atoms with E-state index in [0.717, 1.165) is 11.3 Å². The first-order chi connectivity index (χ1) is 12.5. The summed E-state index contributed by atoms with van der Waals surface area (Å²) in [6.45, 7) is 3.75. The number of fused-ring (bicyclic) bond motifs is 1. The summed E-state index contributed by atoms with van der Waals surface area (Å²) in [5.74, 6) is 0.811. The van der Waals surface area contributed by atoms with Gasteiger partial charge in [0.2, 0.25) is 0 Å². The smallest absolute Gasteiger partial charge is 0.262 e. The molecule has 0 fully saturated rings. The van der Waals surface area contributed by atoms with Gasteiger partial charge in [-0.25, -0.2) is 4.98 Å². The Labute approximate surface area is 156 Å². The Balaban J connectivity index is 2.08. The van der Waals surface area contributed by atoms with Crippen LogP contribution in [0.4, 0.5) is 0 Å². The zero-order valence-electron chi connectivity index (χ0n) is 14.9. The largest absolute Gasteiger partial charge is 0.497 e. The molecule has 5 nitrogen and oxygen atoms in total. The average molecular weight is 368 g/mol. The molecule has 1 aromatic heterocycles. The van der Waals surface area contributed by atoms with Crippen molar-refractivity contribution in [2.75, 3.05) is 7.11 Å². The van der Waals surface area contributed by atoms with E-state index in [4.69, 9.17) is 4.74 Å². The van der Waals surface area contributed by atoms with E-state index in [1.54, 1.807) is 24.7 Å². The van der Waals surface area contributed by atoms with Gasteiger partial charge in [0.05, 0.1) is 29.8 Å². The fourth-order valence-corrected chi connectivity index (χ4v) is 3.44. The molecule has 0 spiro atoms. The zero-order chi connectivity index (χ0) is 18.7. The van der Waals surface area contributed by atoms with Gasteiger partial charge in [0.15, 0.2) is 5.16 Å². The van der Waals surface area contributed by atoms with Crippen LogP contribution >= 0.6 is 11.8 Å². The SMILES string of the molecule is COc1ccc(Cn2c(SC(C)C(C)=O)nc3ccccc3c2=O)cc1. The van der Waals surface area contributed by atoms with Gasteiger partial charge < -0.3 is 4.74 Å². The normalized spacial score (nSPS) is 12.1. The molecule has 26 heavy (non-hydrogen) atoms. The predicted octanol–water partition coefficient (Wildman–Crippen LogP) is 3.52. The fourth-order valence-electron chi connectivity index (χ4n) is 2.53. The highest BCUT2D eigenvalue weighted by atomic mass is 32.2. The molecule has 0 aliphatic carbocycles. The minimum atomic E-state index is -0.273. The number of ether oxygens (including phenoxy) is 1. The van der Waals surface area contributed by atoms with E-state index in [-0.39, 0.29) is 16.6 Å². The summed E-state index contributed by atoms with van der Waals surface area (Å²) in [5, 5.41) is 0.846. The maximum absolute atomic E-state index is 13.0. The van der Waals surface area contributed by atoms with E-state index in [1.807, 2.05) is 49.4 Å². The van der Waals surface area contributed by atoms with Crippen LogP contribution in [0.5, 0.6) is 5.75 Å². The number of aromatic nitrogens is 2. The second-order valence-corrected chi connectivity index (χ2v) is 7.33. The number of rotatable bonds is 6. The number of carbonyl (C=O) groups excluding carboxylic acids is 1. The lowest BCUT2D eigenvalue weighted by Gasteiger charge is -2.15. The van der Waals surface area contributed by atoms with Crippen LogP contribution in [0.3, 0.4) is 0 Å². The number of benzene rings is 2. The summed E-state index contributed by atoms with van der Waals surface area (Å²) in [6.07, 6.45) is 0. The number of nitrogens with zero attached hydrogens (tertiary/aromatic N) is 2. The first-order valence-electron chi connectivity index (χ1n) is 8.29. The number of para-hydroxylation sites is 1. The lowest BCUT2D eigenvalue weighted by atomic mass is 10.2. The molecule has 0 radical (unpaired) electrons. The van der Waals surface area contributed by atoms with Crippen LogP contribution in [-0.2, 0) is 11.3 Å². The molecule has 1 atom stereocenters. The number of Topliss-reactive ketones (excluding diaryl/α,β-unsaturated/α-hetero) is 1. The van der Waals surface area contributed by atoms with Crippen LogP contribution in [0, 0.1) is 0 Å². The predicted molar refractivity (Wildman–Crippen MR) is 104 cm³/mol. The highest BCUT2D eigenvalue weighted by Gasteiger charge is 2.17. The molecule has 1 heterocycles. The summed E-state index contributed by atoms with van der Waals surface area (Å²) in [7, 11) is 1.62. The Kier molecular flexibility index (Phi) is 5.42. The number of ketones is 1. The molecule has 0 N–H and O–H groups in total. The second-order valence-electron chi connectivity index (χ2n) is 6.02. The second kappa shape index (κ2) is 7.74. The van der Waals surface area contributed by atoms with Gasteiger partial charge >= 0.3 is 0 Å². The number of carbonyl (C=O) groups is 1. The Morgan fingerprint density at radius 2 is 1.88 bits per heavy atom. The molecule has 134 valence electrons. The lowest BCUT2D eigenvalue weighted by Crippen LogP contribution is -2.25. The van der Waals surface area contributed by atoms with Crippen molar-refractivity contribution >= 4 is 28.4 Å². The maximum atomic E-state index is 13.0. The Bertz CT molecular complexity index is 996. The molecule has 0 saturated heterocycles. The lowest BCUT2D eigenvalue weighted by molar-refractivity contribution is -0.116. The van der Waals surface area contributed by atoms with E-state index < -0.39 is 0 Å². The Hall–Kier alpha value is -2.60. The molecule has 3 aromatic rings. The molecule has 1 unspecified atom stereocenters. The zero-order valence-corrected chi connectivity index (χ0v) is 15.7. The van der Waals surface area contributed by atoms with Crippen LogP contribution < -0.4 is 10.3 Å². The van der Waals surface area contributed by atoms with E-state index in [1.165, 1.54) is 11.8 Å². The van der Waals surface area contributed by atoms with Crippen molar-refractivity contribution in [2.24, 2.45) is 0 Å². The van der Waals surface area contributed by atoms with Crippen LogP contribution in [0.2, 0.25) is 0 Å². The quantitative estimate of drug-likeness (QED) is 0.492. The third kappa shape index (κ3) is 3.80. The van der Waals surface area contributed by atoms with Gasteiger partial charge in [-0.3, -0.25) is 14.2 Å². The van der Waals surface area contributed by atoms with Crippen molar-refractivity contribution in [2.45, 2.75) is 30.8 Å². The van der Waals surface area contributed by atoms with Crippen molar-refractivity contribution in [1.29, 1.82) is 0 Å². The Morgan fingerprint density at radius 3 is 2.54 bits per heavy atom. The maximum Gasteiger partial charge on any atom is 0.262 e. The third-order valence-corrected chi connectivity index (χ3v) is 5.39. The average Bonchev–Trinajstić information content (AvgIpc) is 2.65. The van der Waals surface area contributed by atoms with Crippen LogP contribution in [0.25, 0.3) is 10.9 Å². The van der Waals surface area contributed by atoms with Crippen LogP contribution in [0.1, 0.15) is 19.4 Å². The van der Waals surface area contributed by atoms with E-state index in [0.29, 0.717) is 22.6 Å². The molecule has 0 bridgehead atoms. The molecule has 0 aliphatic rings. The van der Waals surface area contributed by atoms with Gasteiger partial charge in [-0.2, -0.15) is 0 Å². The van der Waals surface area contributed by atoms with Crippen LogP contribution in [-0.4, -0.2) is 27.7 Å². The molecular formula is C20H20N2O3S. The van der Waals surface area contributed by atoms with Gasteiger partial charge in [0, 0.05) is 0 Å². The summed E-state index contributed by atoms with van der Waals surface area (Å²) >= 11 is 1.31. The molecule has 0 aliphatic heterocycles. The first-order valence-corrected chi connectivity index (χ1v) is 9.17. The standard InChI is InChI=1S/C20H20N2O3S/c1-13(23)14(2)26-20-21-18-7-5-4-6-17(18)19(24)22(20)12-15-8-10-16(25-3)11-9-15/h4-11,14H,12H2,1-3H3. The van der Waals surface area contributed by atoms with Gasteiger partial charge in [-0.1, -0.05) is 36.0 Å². The number of thioether (sulfide) groups is 1. The summed E-state index contributed by atoms with van der Waals surface area (Å²) in [4.78, 5) is 29.4. The first kappa shape index (κ1) is 18.2. The van der Waals surface area contributed by atoms with Crippen LogP contribution in [0.15, 0.2) is 58.5 Å². The van der Waals surface area contributed by atoms with Gasteiger partial charge in [-0.15, -0.1) is 0 Å². The molecule has 6 heteroatoms. The van der Waals surface area contributed by atoms with E-state index >= 15 is 0 Å². The van der Waals surface area contributed by atoms with Gasteiger partial charge in [-0.05, 0) is 43.7 Å². The van der Waals surface area contributed by atoms with E-state index in [9.17, 15) is 9.59 Å². The monoisotopic (exact) mass is 368 g/mol. The van der Waals surface area contributed by atoms with Gasteiger partial charge in [0.1, 0.15) is 11.5 Å². The minimum Gasteiger partial charge on any atom is -0.497 e.